The second-order valence-electron chi connectivity index (χ2n) is 16.9. The minimum atomic E-state index is -3.30. The van der Waals surface area contributed by atoms with Crippen LogP contribution in [-0.2, 0) is 56.9 Å². The minimum Gasteiger partial charge on any atom is -0.394 e. The number of Topliss-reactive ketones (excluding diaryl/α,β-unsaturated/α-hetero) is 1. The van der Waals surface area contributed by atoms with Gasteiger partial charge >= 0.3 is 7.67 Å². The molecule has 5 N–H and O–H groups in total. The number of aliphatic hydroxyl groups excluding tert-OH is 1. The van der Waals surface area contributed by atoms with Crippen molar-refractivity contribution in [3.05, 3.63) is 0 Å². The normalized spacial score (nSPS) is 18.8. The van der Waals surface area contributed by atoms with Crippen molar-refractivity contribution in [1.82, 2.24) is 55.1 Å². The van der Waals surface area contributed by atoms with Crippen LogP contribution < -0.4 is 21.3 Å². The molecule has 0 saturated carbocycles. The van der Waals surface area contributed by atoms with Crippen LogP contribution in [0, 0.1) is 0 Å². The van der Waals surface area contributed by atoms with Gasteiger partial charge in [-0.3, -0.25) is 42.9 Å². The largest absolute Gasteiger partial charge is 0.394 e. The van der Waals surface area contributed by atoms with Crippen LogP contribution in [0.3, 0.4) is 0 Å². The Balaban J connectivity index is 0.00000114. The predicted octanol–water partition coefficient (Wildman–Crippen LogP) is -2.58. The number of ketones is 1. The number of carbonyl (C=O) groups excluding carboxylic acids is 8. The van der Waals surface area contributed by atoms with Gasteiger partial charge in [0, 0.05) is 117 Å². The van der Waals surface area contributed by atoms with Crippen LogP contribution in [-0.4, -0.2) is 273 Å². The van der Waals surface area contributed by atoms with Gasteiger partial charge in [0.25, 0.3) is 0 Å². The van der Waals surface area contributed by atoms with E-state index in [0.717, 1.165) is 6.54 Å². The molecule has 4 radical (unpaired) electrons. The maximum absolute atomic E-state index is 13.4. The lowest BCUT2D eigenvalue weighted by Gasteiger charge is -2.42. The number of hydrogen-bond donors (Lipinski definition) is 5. The molecule has 0 spiro atoms. The van der Waals surface area contributed by atoms with Gasteiger partial charge in [0.05, 0.1) is 51.6 Å². The summed E-state index contributed by atoms with van der Waals surface area (Å²) in [6, 6.07) is -1.01. The Bertz CT molecular complexity index is 1700. The van der Waals surface area contributed by atoms with Crippen LogP contribution >= 0.6 is 7.67 Å². The second-order valence-corrected chi connectivity index (χ2v) is 19.6. The van der Waals surface area contributed by atoms with E-state index in [1.54, 1.807) is 63.0 Å². The van der Waals surface area contributed by atoms with Crippen LogP contribution in [0.4, 0.5) is 0 Å². The minimum absolute atomic E-state index is 0.0258. The molecule has 2 rings (SSSR count). The summed E-state index contributed by atoms with van der Waals surface area (Å²) >= 11 is 0. The molecule has 0 aromatic heterocycles. The maximum atomic E-state index is 13.4. The number of likely N-dealkylation sites (N-methyl/N-ethyl adjacent to an activating group) is 4. The second kappa shape index (κ2) is 36.8. The van der Waals surface area contributed by atoms with Gasteiger partial charge in [0.1, 0.15) is 21.5 Å². The first-order valence-corrected chi connectivity index (χ1v) is 25.8. The van der Waals surface area contributed by atoms with Gasteiger partial charge < -0.3 is 64.9 Å². The molecule has 5 atom stereocenters. The number of aliphatic hydroxyl groups is 1. The fourth-order valence-corrected chi connectivity index (χ4v) is 8.99. The number of nitrogens with one attached hydrogen (secondary N) is 4. The highest BCUT2D eigenvalue weighted by Crippen LogP contribution is 2.53. The number of rotatable bonds is 28. The Labute approximate surface area is 424 Å². The van der Waals surface area contributed by atoms with Crippen LogP contribution in [0.5, 0.6) is 0 Å². The van der Waals surface area contributed by atoms with Gasteiger partial charge in [-0.1, -0.05) is 27.7 Å². The molecule has 2 aliphatic rings. The summed E-state index contributed by atoms with van der Waals surface area (Å²) in [7, 11) is 17.0. The van der Waals surface area contributed by atoms with Gasteiger partial charge in [-0.15, -0.1) is 0 Å². The van der Waals surface area contributed by atoms with E-state index in [-0.39, 0.29) is 145 Å². The average molecular weight is 1030 g/mol. The molecule has 0 aromatic carbocycles. The molecule has 2 aliphatic heterocycles. The highest BCUT2D eigenvalue weighted by molar-refractivity contribution is 7.53. The van der Waals surface area contributed by atoms with Gasteiger partial charge in [0.2, 0.25) is 41.4 Å². The molecule has 7 amide bonds. The molecule has 71 heavy (non-hydrogen) atoms. The van der Waals surface area contributed by atoms with Crippen molar-refractivity contribution in [3.63, 3.8) is 0 Å². The fraction of sp³-hybridized carbons (Fsp3) is 0.818. The molecule has 2 heterocycles. The van der Waals surface area contributed by atoms with Gasteiger partial charge in [-0.2, -0.15) is 0 Å². The van der Waals surface area contributed by atoms with E-state index in [9.17, 15) is 48.0 Å². The quantitative estimate of drug-likeness (QED) is 0.0398. The van der Waals surface area contributed by atoms with E-state index in [1.807, 2.05) is 14.1 Å². The molecule has 0 aromatic rings. The molecule has 2 fully saturated rings. The summed E-state index contributed by atoms with van der Waals surface area (Å²) in [5.74, 6) is -1.58. The van der Waals surface area contributed by atoms with Crippen molar-refractivity contribution in [2.45, 2.75) is 91.4 Å². The molecule has 24 nitrogen and oxygen atoms in total. The van der Waals surface area contributed by atoms with E-state index in [4.69, 9.17) is 29.7 Å². The Morgan fingerprint density at radius 2 is 1.08 bits per heavy atom. The van der Waals surface area contributed by atoms with E-state index in [0.29, 0.717) is 39.0 Å². The summed E-state index contributed by atoms with van der Waals surface area (Å²) in [5.41, 5.74) is 0. The Hall–Kier alpha value is -4.00. The molecule has 27 heteroatoms. The molecule has 2 saturated heterocycles. The van der Waals surface area contributed by atoms with E-state index in [2.05, 4.69) is 26.2 Å². The lowest BCUT2D eigenvalue weighted by Crippen LogP contribution is -2.50. The third-order valence-corrected chi connectivity index (χ3v) is 13.3. The molecule has 0 aliphatic carbocycles. The monoisotopic (exact) mass is 1030 g/mol. The zero-order chi connectivity index (χ0) is 54.3. The highest BCUT2D eigenvalue weighted by atomic mass is 31.2. The van der Waals surface area contributed by atoms with E-state index >= 15 is 0 Å². The van der Waals surface area contributed by atoms with Crippen LogP contribution in [0.2, 0.25) is 0 Å². The summed E-state index contributed by atoms with van der Waals surface area (Å²) in [6.07, 6.45) is 0.451. The zero-order valence-corrected chi connectivity index (χ0v) is 45.1. The van der Waals surface area contributed by atoms with Crippen molar-refractivity contribution < 1.29 is 62.0 Å². The number of hydrogen-bond acceptors (Lipinski definition) is 15. The summed E-state index contributed by atoms with van der Waals surface area (Å²) < 4.78 is 33.5. The topological polar surface area (TPSA) is 272 Å². The number of morpholine rings is 2. The SMILES string of the molecule is CCC(=O)N(CCNC(=O)CN(CCNC(=O)CN(CC)C(=O)CC)C(=O)CC)CC(=O)NC.CCC(=O)N(CCNC)CC(C)=O.[B][C@H]1CN(C)CC(COP(=O)(N(C)C)N2CC(CO)O[C@@H]([B])C2)O1. The Kier molecular flexibility index (Phi) is 34.8. The highest BCUT2D eigenvalue weighted by Gasteiger charge is 2.41. The first-order chi connectivity index (χ1) is 33.5. The van der Waals surface area contributed by atoms with Crippen LogP contribution in [0.15, 0.2) is 0 Å². The number of amides is 7. The van der Waals surface area contributed by atoms with E-state index in [1.165, 1.54) is 28.7 Å². The fourth-order valence-electron chi connectivity index (χ4n) is 6.98. The maximum Gasteiger partial charge on any atom is 0.345 e. The standard InChI is InChI=1S/C22H40N6O6.C13H26B2N3O5P.C9H18N2O2/c1-6-20(32)26(9-4)15-18(30)24-11-13-28(22(34)8-3)16-19(31)25-10-12-27(21(33)7-2)14-17(29)23-5;1-16(2)24(20,18-5-10(8-19)22-13(15)7-18)21-9-11-4-17(3)6-12(14)23-11;1-4-9(13)11(6-5-10-3)7-8(2)12/h6-16H2,1-5H3,(H,23,29)(H,24,30)(H,25,31);10-13,19H,4-9H2,1-3H3;10H,4-7H2,1-3H3/t;10?,11?,12-,13-,24?;/m.1./s1. The van der Waals surface area contributed by atoms with Crippen molar-refractivity contribution in [1.29, 1.82) is 0 Å². The lowest BCUT2D eigenvalue weighted by molar-refractivity contribution is -0.137. The molecule has 0 bridgehead atoms. The van der Waals surface area contributed by atoms with Gasteiger partial charge in [-0.05, 0) is 42.0 Å². The number of ether oxygens (including phenoxy) is 2. The average Bonchev–Trinajstić information content (AvgIpc) is 3.33. The summed E-state index contributed by atoms with van der Waals surface area (Å²) in [4.78, 5) is 102. The van der Waals surface area contributed by atoms with Crippen molar-refractivity contribution in [2.75, 3.05) is 147 Å². The first kappa shape index (κ1) is 67.0. The van der Waals surface area contributed by atoms with Crippen LogP contribution in [0.25, 0.3) is 0 Å². The summed E-state index contributed by atoms with van der Waals surface area (Å²) in [6.45, 7) is 14.2. The van der Waals surface area contributed by atoms with Gasteiger partial charge in [0.15, 0.2) is 0 Å². The third kappa shape index (κ3) is 27.0. The van der Waals surface area contributed by atoms with Gasteiger partial charge in [-0.25, -0.2) is 9.34 Å². The first-order valence-electron chi connectivity index (χ1n) is 24.3. The zero-order valence-electron chi connectivity index (χ0n) is 44.2. The Morgan fingerprint density at radius 3 is 1.51 bits per heavy atom. The molecule has 404 valence electrons. The number of nitrogens with zero attached hydrogens (tertiary/aromatic N) is 7. The van der Waals surface area contributed by atoms with Crippen LogP contribution in [0.1, 0.15) is 67.2 Å². The summed E-state index contributed by atoms with van der Waals surface area (Å²) in [5, 5.41) is 20.1. The molecular formula is C44H84B2N11O13P. The number of carbonyl (C=O) groups is 8. The van der Waals surface area contributed by atoms with Crippen molar-refractivity contribution in [2.24, 2.45) is 0 Å². The Morgan fingerprint density at radius 1 is 0.648 bits per heavy atom. The lowest BCUT2D eigenvalue weighted by atomic mass is 9.98. The van der Waals surface area contributed by atoms with Crippen molar-refractivity contribution >= 4 is 70.5 Å². The molecule has 3 unspecified atom stereocenters. The van der Waals surface area contributed by atoms with Crippen molar-refractivity contribution in [3.8, 4) is 0 Å². The molecular weight excluding hydrogens is 943 g/mol. The third-order valence-electron chi connectivity index (χ3n) is 10.8. The smallest absolute Gasteiger partial charge is 0.345 e. The van der Waals surface area contributed by atoms with E-state index < -0.39 is 25.7 Å². The predicted molar refractivity (Wildman–Crippen MR) is 270 cm³/mol.